The molecule has 2 aromatic rings. The van der Waals surface area contributed by atoms with E-state index in [1.54, 1.807) is 0 Å². The Kier molecular flexibility index (Phi) is 4.00. The number of hydrogen-bond acceptors (Lipinski definition) is 2. The monoisotopic (exact) mass is 283 g/mol. The molecule has 0 amide bonds. The van der Waals surface area contributed by atoms with Crippen LogP contribution in [0.5, 0.6) is 0 Å². The second-order valence-electron chi connectivity index (χ2n) is 6.03. The minimum atomic E-state index is 0.632. The van der Waals surface area contributed by atoms with Gasteiger partial charge in [0.25, 0.3) is 0 Å². The Morgan fingerprint density at radius 1 is 1.19 bits per heavy atom. The molecular formula is C18H25N3. The zero-order valence-electron chi connectivity index (χ0n) is 13.1. The summed E-state index contributed by atoms with van der Waals surface area (Å²) in [6.07, 6.45) is 5.93. The van der Waals surface area contributed by atoms with E-state index in [1.807, 2.05) is 0 Å². The number of anilines is 1. The molecule has 0 spiro atoms. The summed E-state index contributed by atoms with van der Waals surface area (Å²) in [6, 6.07) is 8.66. The normalized spacial score (nSPS) is 14.6. The minimum absolute atomic E-state index is 0.632. The maximum atomic E-state index is 6.41. The van der Waals surface area contributed by atoms with Crippen LogP contribution in [0.25, 0.3) is 11.3 Å². The third kappa shape index (κ3) is 2.82. The van der Waals surface area contributed by atoms with Crippen molar-refractivity contribution in [3.63, 3.8) is 0 Å². The molecule has 3 heteroatoms. The van der Waals surface area contributed by atoms with Gasteiger partial charge in [0.2, 0.25) is 0 Å². The van der Waals surface area contributed by atoms with Gasteiger partial charge in [-0.1, -0.05) is 44.5 Å². The molecule has 0 bridgehead atoms. The van der Waals surface area contributed by atoms with Crippen molar-refractivity contribution in [2.45, 2.75) is 58.4 Å². The van der Waals surface area contributed by atoms with Crippen molar-refractivity contribution >= 4 is 5.82 Å². The smallest absolute Gasteiger partial charge is 0.131 e. The third-order valence-corrected chi connectivity index (χ3v) is 4.35. The average molecular weight is 283 g/mol. The second-order valence-corrected chi connectivity index (χ2v) is 6.03. The van der Waals surface area contributed by atoms with Crippen molar-refractivity contribution in [2.24, 2.45) is 0 Å². The van der Waals surface area contributed by atoms with Crippen molar-refractivity contribution in [1.82, 2.24) is 9.55 Å². The Hall–Kier alpha value is -1.77. The number of nitrogen functional groups attached to an aromatic ring is 1. The number of aromatic nitrogens is 2. The molecule has 0 unspecified atom stereocenters. The standard InChI is InChI=1S/C18H25N3/c1-3-5-12-21-17(19)16(20-18(21)15-10-11-15)14-8-6-13(4-2)7-9-14/h6-9,15H,3-5,10-12,19H2,1-2H3. The summed E-state index contributed by atoms with van der Waals surface area (Å²) in [4.78, 5) is 4.89. The lowest BCUT2D eigenvalue weighted by Crippen LogP contribution is -2.06. The van der Waals surface area contributed by atoms with E-state index in [0.29, 0.717) is 5.92 Å². The van der Waals surface area contributed by atoms with Crippen LogP contribution in [0.1, 0.15) is 56.8 Å². The molecule has 1 fully saturated rings. The average Bonchev–Trinajstić information content (AvgIpc) is 3.30. The van der Waals surface area contributed by atoms with Gasteiger partial charge in [-0.3, -0.25) is 0 Å². The molecule has 0 atom stereocenters. The molecule has 0 radical (unpaired) electrons. The topological polar surface area (TPSA) is 43.8 Å². The zero-order valence-corrected chi connectivity index (χ0v) is 13.1. The molecule has 2 N–H and O–H groups in total. The van der Waals surface area contributed by atoms with E-state index < -0.39 is 0 Å². The number of unbranched alkanes of at least 4 members (excludes halogenated alkanes) is 1. The summed E-state index contributed by atoms with van der Waals surface area (Å²) in [6.45, 7) is 5.39. The molecule has 3 rings (SSSR count). The highest BCUT2D eigenvalue weighted by Crippen LogP contribution is 2.42. The van der Waals surface area contributed by atoms with Gasteiger partial charge in [0.15, 0.2) is 0 Å². The SMILES string of the molecule is CCCCn1c(C2CC2)nc(-c2ccc(CC)cc2)c1N. The van der Waals surface area contributed by atoms with Crippen LogP contribution in [0.3, 0.4) is 0 Å². The highest BCUT2D eigenvalue weighted by atomic mass is 15.1. The van der Waals surface area contributed by atoms with E-state index in [9.17, 15) is 0 Å². The Morgan fingerprint density at radius 3 is 2.48 bits per heavy atom. The van der Waals surface area contributed by atoms with Crippen LogP contribution in [-0.2, 0) is 13.0 Å². The van der Waals surface area contributed by atoms with Crippen molar-refractivity contribution in [1.29, 1.82) is 0 Å². The van der Waals surface area contributed by atoms with Crippen LogP contribution < -0.4 is 5.73 Å². The molecule has 21 heavy (non-hydrogen) atoms. The van der Waals surface area contributed by atoms with Crippen LogP contribution in [-0.4, -0.2) is 9.55 Å². The lowest BCUT2D eigenvalue weighted by atomic mass is 10.1. The molecule has 1 aliphatic rings. The van der Waals surface area contributed by atoms with E-state index in [0.717, 1.165) is 36.5 Å². The van der Waals surface area contributed by atoms with E-state index in [2.05, 4.69) is 42.7 Å². The quantitative estimate of drug-likeness (QED) is 0.855. The predicted octanol–water partition coefficient (Wildman–Crippen LogP) is 4.37. The molecule has 0 saturated heterocycles. The second kappa shape index (κ2) is 5.92. The zero-order chi connectivity index (χ0) is 14.8. The van der Waals surface area contributed by atoms with E-state index >= 15 is 0 Å². The number of benzene rings is 1. The lowest BCUT2D eigenvalue weighted by molar-refractivity contribution is 0.609. The van der Waals surface area contributed by atoms with Crippen molar-refractivity contribution < 1.29 is 0 Å². The summed E-state index contributed by atoms with van der Waals surface area (Å²) in [5, 5.41) is 0. The highest BCUT2D eigenvalue weighted by molar-refractivity contribution is 5.71. The number of rotatable bonds is 6. The maximum Gasteiger partial charge on any atom is 0.131 e. The van der Waals surface area contributed by atoms with Crippen LogP contribution in [0.2, 0.25) is 0 Å². The Balaban J connectivity index is 1.97. The minimum Gasteiger partial charge on any atom is -0.383 e. The third-order valence-electron chi connectivity index (χ3n) is 4.35. The fourth-order valence-electron chi connectivity index (χ4n) is 2.80. The fourth-order valence-corrected chi connectivity index (χ4v) is 2.80. The van der Waals surface area contributed by atoms with Crippen LogP contribution in [0.4, 0.5) is 5.82 Å². The molecule has 0 aliphatic heterocycles. The van der Waals surface area contributed by atoms with Gasteiger partial charge in [0.1, 0.15) is 17.3 Å². The van der Waals surface area contributed by atoms with Crippen LogP contribution >= 0.6 is 0 Å². The molecule has 1 saturated carbocycles. The van der Waals surface area contributed by atoms with Crippen molar-refractivity contribution in [3.8, 4) is 11.3 Å². The Bertz CT molecular complexity index is 606. The van der Waals surface area contributed by atoms with Crippen LogP contribution in [0, 0.1) is 0 Å². The van der Waals surface area contributed by atoms with Gasteiger partial charge in [-0.15, -0.1) is 0 Å². The number of nitrogens with two attached hydrogens (primary N) is 1. The number of aryl methyl sites for hydroxylation is 1. The number of imidazole rings is 1. The van der Waals surface area contributed by atoms with Gasteiger partial charge in [-0.2, -0.15) is 0 Å². The molecule has 3 nitrogen and oxygen atoms in total. The van der Waals surface area contributed by atoms with Gasteiger partial charge in [0.05, 0.1) is 0 Å². The molecule has 1 aromatic carbocycles. The lowest BCUT2D eigenvalue weighted by Gasteiger charge is -2.08. The summed E-state index contributed by atoms with van der Waals surface area (Å²) in [5.41, 5.74) is 9.87. The molecule has 1 aromatic heterocycles. The van der Waals surface area contributed by atoms with E-state index in [-0.39, 0.29) is 0 Å². The molecule has 112 valence electrons. The van der Waals surface area contributed by atoms with E-state index in [1.165, 1.54) is 30.7 Å². The van der Waals surface area contributed by atoms with Gasteiger partial charge < -0.3 is 10.3 Å². The van der Waals surface area contributed by atoms with Gasteiger partial charge >= 0.3 is 0 Å². The molecule has 1 aliphatic carbocycles. The Labute approximate surface area is 127 Å². The van der Waals surface area contributed by atoms with Crippen LogP contribution in [0.15, 0.2) is 24.3 Å². The predicted molar refractivity (Wildman–Crippen MR) is 88.3 cm³/mol. The summed E-state index contributed by atoms with van der Waals surface area (Å²) in [5.74, 6) is 2.68. The molecular weight excluding hydrogens is 258 g/mol. The summed E-state index contributed by atoms with van der Waals surface area (Å²) in [7, 11) is 0. The first kappa shape index (κ1) is 14.2. The van der Waals surface area contributed by atoms with Gasteiger partial charge in [-0.05, 0) is 31.2 Å². The Morgan fingerprint density at radius 2 is 1.90 bits per heavy atom. The first-order valence-corrected chi connectivity index (χ1v) is 8.19. The van der Waals surface area contributed by atoms with Crippen molar-refractivity contribution in [3.05, 3.63) is 35.7 Å². The number of nitrogens with zero attached hydrogens (tertiary/aromatic N) is 2. The maximum absolute atomic E-state index is 6.41. The summed E-state index contributed by atoms with van der Waals surface area (Å²) >= 11 is 0. The first-order chi connectivity index (χ1) is 10.2. The largest absolute Gasteiger partial charge is 0.383 e. The molecule has 1 heterocycles. The van der Waals surface area contributed by atoms with Gasteiger partial charge in [0, 0.05) is 18.0 Å². The van der Waals surface area contributed by atoms with E-state index in [4.69, 9.17) is 10.7 Å². The highest BCUT2D eigenvalue weighted by Gasteiger charge is 2.30. The fraction of sp³-hybridized carbons (Fsp3) is 0.500. The summed E-state index contributed by atoms with van der Waals surface area (Å²) < 4.78 is 2.25. The number of hydrogen-bond donors (Lipinski definition) is 1. The van der Waals surface area contributed by atoms with Gasteiger partial charge in [-0.25, -0.2) is 4.98 Å². The van der Waals surface area contributed by atoms with Crippen molar-refractivity contribution in [2.75, 3.05) is 5.73 Å². The first-order valence-electron chi connectivity index (χ1n) is 8.19.